The van der Waals surface area contributed by atoms with Crippen LogP contribution in [0.25, 0.3) is 10.1 Å². The fourth-order valence-corrected chi connectivity index (χ4v) is 3.67. The average Bonchev–Trinajstić information content (AvgIpc) is 2.48. The van der Waals surface area contributed by atoms with Crippen molar-refractivity contribution in [3.05, 3.63) is 38.8 Å². The molecule has 6 heteroatoms. The lowest BCUT2D eigenvalue weighted by Gasteiger charge is -2.35. The van der Waals surface area contributed by atoms with Crippen molar-refractivity contribution in [1.29, 1.82) is 0 Å². The molecule has 0 radical (unpaired) electrons. The third kappa shape index (κ3) is 2.76. The summed E-state index contributed by atoms with van der Waals surface area (Å²) in [7, 11) is 0. The fraction of sp³-hybridized carbons (Fsp3) is 0.333. The molecule has 4 nitrogen and oxygen atoms in total. The van der Waals surface area contributed by atoms with Crippen LogP contribution < -0.4 is 10.3 Å². The standard InChI is InChI=1S/C15H15ClN2O2S/c1-10(19)17-4-6-18(7-5-17)13-9-21-14-3-2-11(16)8-12(14)15(13)20/h2-3,8-9H,4-7H2,1H3. The zero-order valence-corrected chi connectivity index (χ0v) is 13.2. The number of anilines is 1. The highest BCUT2D eigenvalue weighted by molar-refractivity contribution is 7.16. The van der Waals surface area contributed by atoms with Gasteiger partial charge in [-0.1, -0.05) is 11.6 Å². The van der Waals surface area contributed by atoms with Crippen molar-refractivity contribution >= 4 is 44.6 Å². The van der Waals surface area contributed by atoms with Crippen LogP contribution in [0, 0.1) is 0 Å². The third-order valence-corrected chi connectivity index (χ3v) is 4.97. The molecule has 0 atom stereocenters. The number of carbonyl (C=O) groups is 1. The van der Waals surface area contributed by atoms with E-state index >= 15 is 0 Å². The molecule has 21 heavy (non-hydrogen) atoms. The number of fused-ring (bicyclic) bond motifs is 1. The Bertz CT molecular complexity index is 751. The summed E-state index contributed by atoms with van der Waals surface area (Å²) in [6, 6.07) is 5.40. The molecule has 0 unspecified atom stereocenters. The van der Waals surface area contributed by atoms with Gasteiger partial charge in [0.05, 0.1) is 5.69 Å². The van der Waals surface area contributed by atoms with Gasteiger partial charge < -0.3 is 9.80 Å². The van der Waals surface area contributed by atoms with Gasteiger partial charge in [-0.3, -0.25) is 9.59 Å². The number of nitrogens with zero attached hydrogens (tertiary/aromatic N) is 2. The Hall–Kier alpha value is -1.59. The summed E-state index contributed by atoms with van der Waals surface area (Å²) in [4.78, 5) is 27.8. The first kappa shape index (κ1) is 14.4. The van der Waals surface area contributed by atoms with E-state index in [0.29, 0.717) is 42.3 Å². The topological polar surface area (TPSA) is 40.6 Å². The summed E-state index contributed by atoms with van der Waals surface area (Å²) in [5.74, 6) is 0.0881. The van der Waals surface area contributed by atoms with E-state index in [1.165, 1.54) is 0 Å². The molecule has 1 saturated heterocycles. The van der Waals surface area contributed by atoms with Crippen LogP contribution in [0.2, 0.25) is 5.02 Å². The predicted octanol–water partition coefficient (Wildman–Crippen LogP) is 2.58. The number of amides is 1. The van der Waals surface area contributed by atoms with E-state index in [4.69, 9.17) is 11.6 Å². The van der Waals surface area contributed by atoms with E-state index in [-0.39, 0.29) is 11.3 Å². The summed E-state index contributed by atoms with van der Waals surface area (Å²) in [5.41, 5.74) is 0.723. The van der Waals surface area contributed by atoms with Gasteiger partial charge in [-0.05, 0) is 18.2 Å². The maximum atomic E-state index is 12.6. The Kier molecular flexibility index (Phi) is 3.87. The van der Waals surface area contributed by atoms with Crippen molar-refractivity contribution in [2.45, 2.75) is 6.92 Å². The van der Waals surface area contributed by atoms with E-state index in [9.17, 15) is 9.59 Å². The minimum atomic E-state index is 0.0162. The summed E-state index contributed by atoms with van der Waals surface area (Å²) in [6.45, 7) is 4.27. The van der Waals surface area contributed by atoms with Crippen molar-refractivity contribution in [3.63, 3.8) is 0 Å². The quantitative estimate of drug-likeness (QED) is 0.810. The van der Waals surface area contributed by atoms with Gasteiger partial charge in [0.1, 0.15) is 0 Å². The van der Waals surface area contributed by atoms with Crippen LogP contribution in [-0.4, -0.2) is 37.0 Å². The van der Waals surface area contributed by atoms with Crippen molar-refractivity contribution in [3.8, 4) is 0 Å². The molecular formula is C15H15ClN2O2S. The van der Waals surface area contributed by atoms with Crippen LogP contribution in [0.1, 0.15) is 6.92 Å². The van der Waals surface area contributed by atoms with Crippen LogP contribution in [0.15, 0.2) is 28.4 Å². The van der Waals surface area contributed by atoms with Crippen LogP contribution in [0.4, 0.5) is 5.69 Å². The van der Waals surface area contributed by atoms with Gasteiger partial charge in [0.15, 0.2) is 0 Å². The van der Waals surface area contributed by atoms with Crippen molar-refractivity contribution in [2.24, 2.45) is 0 Å². The molecule has 2 aromatic rings. The molecule has 1 aliphatic rings. The van der Waals surface area contributed by atoms with Gasteiger partial charge in [-0.25, -0.2) is 0 Å². The molecule has 2 heterocycles. The maximum Gasteiger partial charge on any atom is 0.219 e. The molecule has 1 fully saturated rings. The minimum Gasteiger partial charge on any atom is -0.364 e. The number of carbonyl (C=O) groups excluding carboxylic acids is 1. The summed E-state index contributed by atoms with van der Waals surface area (Å²) in [6.07, 6.45) is 0. The predicted molar refractivity (Wildman–Crippen MR) is 87.6 cm³/mol. The van der Waals surface area contributed by atoms with E-state index in [2.05, 4.69) is 4.90 Å². The van der Waals surface area contributed by atoms with Gasteiger partial charge in [-0.15, -0.1) is 11.3 Å². The normalized spacial score (nSPS) is 15.5. The highest BCUT2D eigenvalue weighted by atomic mass is 35.5. The average molecular weight is 323 g/mol. The van der Waals surface area contributed by atoms with E-state index in [1.807, 2.05) is 16.3 Å². The maximum absolute atomic E-state index is 12.6. The Morgan fingerprint density at radius 1 is 1.24 bits per heavy atom. The second-order valence-corrected chi connectivity index (χ2v) is 6.43. The van der Waals surface area contributed by atoms with Gasteiger partial charge in [0.2, 0.25) is 11.3 Å². The molecule has 110 valence electrons. The van der Waals surface area contributed by atoms with Crippen LogP contribution in [-0.2, 0) is 4.79 Å². The van der Waals surface area contributed by atoms with E-state index < -0.39 is 0 Å². The zero-order valence-electron chi connectivity index (χ0n) is 11.6. The minimum absolute atomic E-state index is 0.0162. The molecule has 0 aliphatic carbocycles. The van der Waals surface area contributed by atoms with E-state index in [0.717, 1.165) is 4.70 Å². The Morgan fingerprint density at radius 2 is 1.95 bits per heavy atom. The number of rotatable bonds is 1. The van der Waals surface area contributed by atoms with Gasteiger partial charge >= 0.3 is 0 Å². The molecule has 1 amide bonds. The van der Waals surface area contributed by atoms with Crippen LogP contribution in [0.3, 0.4) is 0 Å². The Morgan fingerprint density at radius 3 is 2.62 bits per heavy atom. The van der Waals surface area contributed by atoms with Crippen molar-refractivity contribution < 1.29 is 4.79 Å². The lowest BCUT2D eigenvalue weighted by molar-refractivity contribution is -0.129. The highest BCUT2D eigenvalue weighted by Gasteiger charge is 2.21. The summed E-state index contributed by atoms with van der Waals surface area (Å²) in [5, 5.41) is 3.14. The molecule has 0 saturated carbocycles. The highest BCUT2D eigenvalue weighted by Crippen LogP contribution is 2.24. The van der Waals surface area contributed by atoms with E-state index in [1.54, 1.807) is 30.4 Å². The van der Waals surface area contributed by atoms with Crippen LogP contribution >= 0.6 is 22.9 Å². The largest absolute Gasteiger partial charge is 0.364 e. The number of halogens is 1. The monoisotopic (exact) mass is 322 g/mol. The third-order valence-electron chi connectivity index (χ3n) is 3.78. The van der Waals surface area contributed by atoms with Gasteiger partial charge in [0, 0.05) is 53.6 Å². The van der Waals surface area contributed by atoms with Gasteiger partial charge in [-0.2, -0.15) is 0 Å². The lowest BCUT2D eigenvalue weighted by Crippen LogP contribution is -2.49. The van der Waals surface area contributed by atoms with Gasteiger partial charge in [0.25, 0.3) is 0 Å². The Labute approximate surface area is 131 Å². The lowest BCUT2D eigenvalue weighted by atomic mass is 10.2. The smallest absolute Gasteiger partial charge is 0.219 e. The SMILES string of the molecule is CC(=O)N1CCN(c2csc3ccc(Cl)cc3c2=O)CC1. The second kappa shape index (κ2) is 5.66. The summed E-state index contributed by atoms with van der Waals surface area (Å²) >= 11 is 7.54. The number of hydrogen-bond acceptors (Lipinski definition) is 4. The molecule has 0 N–H and O–H groups in total. The first-order valence-corrected chi connectivity index (χ1v) is 8.03. The molecule has 1 aliphatic heterocycles. The zero-order chi connectivity index (χ0) is 15.0. The molecule has 1 aromatic carbocycles. The first-order chi connectivity index (χ1) is 10.1. The van der Waals surface area contributed by atoms with Crippen molar-refractivity contribution in [2.75, 3.05) is 31.1 Å². The molecular weight excluding hydrogens is 308 g/mol. The number of benzene rings is 1. The van der Waals surface area contributed by atoms with Crippen LogP contribution in [0.5, 0.6) is 0 Å². The molecule has 0 spiro atoms. The molecule has 1 aromatic heterocycles. The Balaban J connectivity index is 1.93. The number of piperazine rings is 1. The molecule has 3 rings (SSSR count). The summed E-state index contributed by atoms with van der Waals surface area (Å²) < 4.78 is 0.940. The second-order valence-electron chi connectivity index (χ2n) is 5.08. The fourth-order valence-electron chi connectivity index (χ4n) is 2.57. The molecule has 0 bridgehead atoms. The first-order valence-electron chi connectivity index (χ1n) is 6.78. The van der Waals surface area contributed by atoms with Crippen molar-refractivity contribution in [1.82, 2.24) is 4.90 Å². The number of hydrogen-bond donors (Lipinski definition) is 0.